The number of nitrogens with zero attached hydrogens (tertiary/aromatic N) is 3. The van der Waals surface area contributed by atoms with Crippen molar-refractivity contribution in [3.63, 3.8) is 0 Å². The van der Waals surface area contributed by atoms with Crippen LogP contribution in [0.1, 0.15) is 27.9 Å². The van der Waals surface area contributed by atoms with Gasteiger partial charge in [0.25, 0.3) is 5.91 Å². The largest absolute Gasteiger partial charge is 0.481 e. The summed E-state index contributed by atoms with van der Waals surface area (Å²) in [6.07, 6.45) is -2.93. The van der Waals surface area contributed by atoms with Crippen LogP contribution in [0.2, 0.25) is 0 Å². The van der Waals surface area contributed by atoms with E-state index in [0.717, 1.165) is 23.9 Å². The molecule has 1 heterocycles. The molecule has 228 valence electrons. The van der Waals surface area contributed by atoms with E-state index in [9.17, 15) is 27.7 Å². The number of carboxylic acid groups (broad SMARTS) is 1. The highest BCUT2D eigenvalue weighted by atomic mass is 32.1. The van der Waals surface area contributed by atoms with Gasteiger partial charge in [0.05, 0.1) is 25.8 Å². The zero-order chi connectivity index (χ0) is 31.8. The lowest BCUT2D eigenvalue weighted by Crippen LogP contribution is -2.26. The number of aliphatic hydroxyl groups excluding tert-OH is 1. The number of benzene rings is 3. The highest BCUT2D eigenvalue weighted by Crippen LogP contribution is 2.34. The zero-order valence-electron chi connectivity index (χ0n) is 23.4. The molecule has 0 fully saturated rings. The Morgan fingerprint density at radius 3 is 2.12 bits per heavy atom. The summed E-state index contributed by atoms with van der Waals surface area (Å²) < 4.78 is 35.2. The maximum atomic E-state index is 12.8. The van der Waals surface area contributed by atoms with Gasteiger partial charge in [0.1, 0.15) is 5.69 Å². The van der Waals surface area contributed by atoms with Crippen LogP contribution < -0.4 is 10.2 Å². The van der Waals surface area contributed by atoms with Crippen LogP contribution in [0.4, 0.5) is 29.7 Å². The molecule has 0 aliphatic rings. The smallest absolute Gasteiger partial charge is 0.305 e. The van der Waals surface area contributed by atoms with Crippen molar-refractivity contribution >= 4 is 39.7 Å². The number of carbonyl (C=O) groups is 2. The van der Waals surface area contributed by atoms with Crippen LogP contribution in [0.3, 0.4) is 0 Å². The summed E-state index contributed by atoms with van der Waals surface area (Å²) in [5.74, 6) is -1.36. The molecule has 0 unspecified atom stereocenters. The van der Waals surface area contributed by atoms with Crippen LogP contribution in [0, 0.1) is 4.91 Å². The Morgan fingerprint density at radius 2 is 1.56 bits per heavy atom. The zero-order valence-corrected chi connectivity index (χ0v) is 24.2. The number of thiazole rings is 1. The lowest BCUT2D eigenvalue weighted by atomic mass is 10.1. The lowest BCUT2D eigenvalue weighted by molar-refractivity contribution is -0.136. The minimum absolute atomic E-state index is 0.0337. The molecule has 9 nitrogen and oxygen atoms in total. The number of carboxylic acids is 1. The van der Waals surface area contributed by atoms with Gasteiger partial charge in [-0.1, -0.05) is 36.4 Å². The third-order valence-electron chi connectivity index (χ3n) is 5.81. The van der Waals surface area contributed by atoms with E-state index in [1.54, 1.807) is 72.8 Å². The average Bonchev–Trinajstić information content (AvgIpc) is 3.52. The van der Waals surface area contributed by atoms with Crippen molar-refractivity contribution in [3.05, 3.63) is 99.8 Å². The van der Waals surface area contributed by atoms with E-state index < -0.39 is 12.4 Å². The summed E-state index contributed by atoms with van der Waals surface area (Å²) >= 11 is 1.41. The monoisotopic (exact) mass is 616 g/mol. The van der Waals surface area contributed by atoms with Gasteiger partial charge in [0.15, 0.2) is 5.13 Å². The van der Waals surface area contributed by atoms with Gasteiger partial charge in [-0.2, -0.15) is 0 Å². The number of aliphatic carboxylic acids is 1. The number of halogens is 3. The van der Waals surface area contributed by atoms with Crippen molar-refractivity contribution in [1.29, 1.82) is 0 Å². The van der Waals surface area contributed by atoms with Crippen LogP contribution in [0.25, 0.3) is 11.3 Å². The summed E-state index contributed by atoms with van der Waals surface area (Å²) in [6.45, 7) is 0.419. The fraction of sp³-hybridized carbons (Fsp3) is 0.233. The quantitative estimate of drug-likeness (QED) is 0.150. The number of anilines is 2. The third kappa shape index (κ3) is 10.6. The molecule has 0 radical (unpaired) electrons. The van der Waals surface area contributed by atoms with Gasteiger partial charge in [0.2, 0.25) is 6.43 Å². The van der Waals surface area contributed by atoms with E-state index in [4.69, 9.17) is 15.2 Å². The summed E-state index contributed by atoms with van der Waals surface area (Å²) in [5, 5.41) is 23.8. The second-order valence-corrected chi connectivity index (χ2v) is 9.43. The van der Waals surface area contributed by atoms with Crippen molar-refractivity contribution < 1.29 is 33.0 Å². The Morgan fingerprint density at radius 1 is 0.953 bits per heavy atom. The molecule has 1 amide bonds. The first-order chi connectivity index (χ1) is 20.8. The van der Waals surface area contributed by atoms with Gasteiger partial charge in [-0.15, -0.1) is 16.2 Å². The molecule has 3 N–H and O–H groups in total. The second kappa shape index (κ2) is 18.0. The van der Waals surface area contributed by atoms with E-state index in [1.165, 1.54) is 11.3 Å². The number of nitrogens with one attached hydrogen (secondary N) is 1. The van der Waals surface area contributed by atoms with E-state index >= 15 is 0 Å². The van der Waals surface area contributed by atoms with Crippen molar-refractivity contribution in [2.24, 2.45) is 5.18 Å². The van der Waals surface area contributed by atoms with Gasteiger partial charge < -0.3 is 20.4 Å². The minimum atomic E-state index is -2.44. The SMILES string of the molecule is CF.CO.O=Nc1ccc(-c2csc(N(Cc3ccc(C(=O)NCCC(=O)O)cc3)c3ccc(CC(F)F)cc3)n2)cc1. The van der Waals surface area contributed by atoms with Crippen molar-refractivity contribution in [2.75, 3.05) is 25.7 Å². The van der Waals surface area contributed by atoms with Gasteiger partial charge >= 0.3 is 5.97 Å². The predicted octanol–water partition coefficient (Wildman–Crippen LogP) is 6.75. The standard InChI is InChI=1S/C28H24F2N4O4S.CH3F.CH4O/c29-25(30)15-18-3-11-23(12-4-18)34(28-32-24(17-39-28)20-7-9-22(33-38)10-8-20)16-19-1-5-21(6-2-19)27(37)31-14-13-26(35)36;2*1-2/h1-12,17,25H,13-16H2,(H,31,37)(H,35,36);1H3;2H,1H3. The van der Waals surface area contributed by atoms with Crippen LogP contribution in [0.5, 0.6) is 0 Å². The van der Waals surface area contributed by atoms with Gasteiger partial charge in [-0.25, -0.2) is 13.8 Å². The normalized spacial score (nSPS) is 10.1. The van der Waals surface area contributed by atoms with Crippen LogP contribution >= 0.6 is 11.3 Å². The molecule has 0 aliphatic heterocycles. The van der Waals surface area contributed by atoms with Crippen molar-refractivity contribution in [3.8, 4) is 11.3 Å². The fourth-order valence-electron chi connectivity index (χ4n) is 3.80. The first kappa shape index (κ1) is 34.6. The number of alkyl halides is 3. The molecule has 4 aromatic rings. The maximum Gasteiger partial charge on any atom is 0.305 e. The molecule has 3 aromatic carbocycles. The summed E-state index contributed by atoms with van der Waals surface area (Å²) in [6, 6.07) is 20.5. The molecule has 0 bridgehead atoms. The summed E-state index contributed by atoms with van der Waals surface area (Å²) in [7, 11) is 1.50. The fourth-order valence-corrected chi connectivity index (χ4v) is 4.66. The molecule has 0 saturated heterocycles. The predicted molar refractivity (Wildman–Crippen MR) is 161 cm³/mol. The average molecular weight is 617 g/mol. The maximum absolute atomic E-state index is 12.8. The first-order valence-electron chi connectivity index (χ1n) is 12.8. The minimum Gasteiger partial charge on any atom is -0.481 e. The molecule has 43 heavy (non-hydrogen) atoms. The molecular weight excluding hydrogens is 585 g/mol. The van der Waals surface area contributed by atoms with Crippen molar-refractivity contribution in [1.82, 2.24) is 10.3 Å². The topological polar surface area (TPSA) is 132 Å². The van der Waals surface area contributed by atoms with Crippen LogP contribution in [-0.4, -0.2) is 54.3 Å². The Hall–Kier alpha value is -4.62. The first-order valence-corrected chi connectivity index (χ1v) is 13.7. The molecule has 0 aliphatic carbocycles. The summed E-state index contributed by atoms with van der Waals surface area (Å²) in [5.41, 5.74) is 4.39. The van der Waals surface area contributed by atoms with Gasteiger partial charge in [-0.3, -0.25) is 14.0 Å². The Bertz CT molecular complexity index is 1430. The van der Waals surface area contributed by atoms with E-state index in [2.05, 4.69) is 10.5 Å². The Kier molecular flexibility index (Phi) is 14.5. The highest BCUT2D eigenvalue weighted by Gasteiger charge is 2.17. The highest BCUT2D eigenvalue weighted by molar-refractivity contribution is 7.14. The molecule has 4 rings (SSSR count). The van der Waals surface area contributed by atoms with Gasteiger partial charge in [0, 0.05) is 42.3 Å². The summed E-state index contributed by atoms with van der Waals surface area (Å²) in [4.78, 5) is 40.4. The Labute approximate surface area is 250 Å². The van der Waals surface area contributed by atoms with Gasteiger partial charge in [-0.05, 0) is 52.7 Å². The molecule has 0 spiro atoms. The van der Waals surface area contributed by atoms with E-state index in [-0.39, 0.29) is 25.3 Å². The van der Waals surface area contributed by atoms with Crippen LogP contribution in [-0.2, 0) is 17.8 Å². The number of rotatable bonds is 12. The number of carbonyl (C=O) groups excluding carboxylic acids is 1. The van der Waals surface area contributed by atoms with Crippen molar-refractivity contribution in [2.45, 2.75) is 25.8 Å². The number of hydrogen-bond acceptors (Lipinski definition) is 8. The van der Waals surface area contributed by atoms with E-state index in [1.807, 2.05) is 10.3 Å². The van der Waals surface area contributed by atoms with Crippen LogP contribution in [0.15, 0.2) is 83.4 Å². The number of aliphatic hydroxyl groups is 1. The number of aromatic nitrogens is 1. The lowest BCUT2D eigenvalue weighted by Gasteiger charge is -2.23. The molecule has 13 heteroatoms. The molecule has 0 saturated carbocycles. The number of nitroso groups, excluding NO2 is 1. The van der Waals surface area contributed by atoms with E-state index in [0.29, 0.717) is 41.4 Å². The Balaban J connectivity index is 0.00000155. The number of hydrogen-bond donors (Lipinski definition) is 3. The number of amides is 1. The molecular formula is C30H31F3N4O5S. The second-order valence-electron chi connectivity index (χ2n) is 8.60. The molecule has 1 aromatic heterocycles. The third-order valence-corrected chi connectivity index (χ3v) is 6.67. The molecule has 0 atom stereocenters.